The number of nitrogens with one attached hydrogen (secondary N) is 2. The van der Waals surface area contributed by atoms with Crippen LogP contribution in [0.4, 0.5) is 5.69 Å². The molecule has 0 radical (unpaired) electrons. The summed E-state index contributed by atoms with van der Waals surface area (Å²) in [5.74, 6) is 3.52. The van der Waals surface area contributed by atoms with E-state index in [1.807, 2.05) is 30.4 Å². The Morgan fingerprint density at radius 2 is 2.42 bits per heavy atom. The van der Waals surface area contributed by atoms with E-state index in [1.54, 1.807) is 18.5 Å². The zero-order valence-electron chi connectivity index (χ0n) is 11.0. The van der Waals surface area contributed by atoms with Crippen molar-refractivity contribution in [3.8, 4) is 0 Å². The van der Waals surface area contributed by atoms with Gasteiger partial charge in [-0.2, -0.15) is 23.5 Å². The van der Waals surface area contributed by atoms with Crippen LogP contribution in [0.5, 0.6) is 0 Å². The second kappa shape index (κ2) is 7.65. The second-order valence-electron chi connectivity index (χ2n) is 4.23. The fourth-order valence-corrected chi connectivity index (χ4v) is 4.49. The van der Waals surface area contributed by atoms with Gasteiger partial charge in [0, 0.05) is 41.8 Å². The van der Waals surface area contributed by atoms with Gasteiger partial charge >= 0.3 is 0 Å². The highest BCUT2D eigenvalue weighted by Crippen LogP contribution is 2.23. The molecule has 0 aromatic carbocycles. The molecule has 19 heavy (non-hydrogen) atoms. The summed E-state index contributed by atoms with van der Waals surface area (Å²) >= 11 is 3.92. The normalized spacial score (nSPS) is 18.9. The first kappa shape index (κ1) is 14.5. The van der Waals surface area contributed by atoms with E-state index in [0.29, 0.717) is 10.8 Å². The molecule has 1 amide bonds. The number of aromatic nitrogens is 1. The maximum absolute atomic E-state index is 12.2. The summed E-state index contributed by atoms with van der Waals surface area (Å²) in [6.45, 7) is 3.52. The SMILES string of the molecule is CCNc1cnccc1C(=O)NCC1CSCCS1. The van der Waals surface area contributed by atoms with Crippen LogP contribution in [0.25, 0.3) is 0 Å². The molecule has 1 fully saturated rings. The van der Waals surface area contributed by atoms with Crippen LogP contribution in [-0.2, 0) is 0 Å². The summed E-state index contributed by atoms with van der Waals surface area (Å²) in [4.78, 5) is 16.2. The maximum atomic E-state index is 12.2. The molecule has 1 unspecified atom stereocenters. The average molecular weight is 297 g/mol. The van der Waals surface area contributed by atoms with Crippen molar-refractivity contribution in [3.05, 3.63) is 24.0 Å². The monoisotopic (exact) mass is 297 g/mol. The number of pyridine rings is 1. The van der Waals surface area contributed by atoms with E-state index >= 15 is 0 Å². The Hall–Kier alpha value is -0.880. The van der Waals surface area contributed by atoms with Gasteiger partial charge in [-0.05, 0) is 13.0 Å². The summed E-state index contributed by atoms with van der Waals surface area (Å²) < 4.78 is 0. The molecule has 1 aromatic rings. The van der Waals surface area contributed by atoms with Gasteiger partial charge in [-0.25, -0.2) is 0 Å². The van der Waals surface area contributed by atoms with Crippen molar-refractivity contribution in [1.29, 1.82) is 0 Å². The van der Waals surface area contributed by atoms with Crippen LogP contribution in [0.2, 0.25) is 0 Å². The Balaban J connectivity index is 1.91. The van der Waals surface area contributed by atoms with Gasteiger partial charge in [0.1, 0.15) is 0 Å². The van der Waals surface area contributed by atoms with Crippen molar-refractivity contribution in [3.63, 3.8) is 0 Å². The highest BCUT2D eigenvalue weighted by molar-refractivity contribution is 8.06. The van der Waals surface area contributed by atoms with Gasteiger partial charge in [0.2, 0.25) is 0 Å². The molecule has 2 rings (SSSR count). The van der Waals surface area contributed by atoms with Crippen molar-refractivity contribution in [2.75, 3.05) is 35.7 Å². The number of carbonyl (C=O) groups is 1. The Labute approximate surface area is 122 Å². The molecule has 1 aliphatic heterocycles. The van der Waals surface area contributed by atoms with Gasteiger partial charge in [-0.15, -0.1) is 0 Å². The van der Waals surface area contributed by atoms with E-state index in [1.165, 1.54) is 11.5 Å². The van der Waals surface area contributed by atoms with Gasteiger partial charge in [-0.3, -0.25) is 9.78 Å². The number of hydrogen-bond donors (Lipinski definition) is 2. The fraction of sp³-hybridized carbons (Fsp3) is 0.538. The third-order valence-corrected chi connectivity index (χ3v) is 5.65. The molecule has 104 valence electrons. The number of carbonyl (C=O) groups excluding carboxylic acids is 1. The van der Waals surface area contributed by atoms with E-state index < -0.39 is 0 Å². The molecule has 1 aromatic heterocycles. The molecular formula is C13H19N3OS2. The molecule has 1 atom stereocenters. The fourth-order valence-electron chi connectivity index (χ4n) is 1.88. The van der Waals surface area contributed by atoms with Crippen LogP contribution in [0, 0.1) is 0 Å². The van der Waals surface area contributed by atoms with Crippen molar-refractivity contribution in [2.24, 2.45) is 0 Å². The van der Waals surface area contributed by atoms with E-state index in [2.05, 4.69) is 15.6 Å². The molecular weight excluding hydrogens is 278 g/mol. The lowest BCUT2D eigenvalue weighted by Gasteiger charge is -2.21. The lowest BCUT2D eigenvalue weighted by molar-refractivity contribution is 0.0955. The van der Waals surface area contributed by atoms with E-state index in [9.17, 15) is 4.79 Å². The first-order chi connectivity index (χ1) is 9.31. The number of anilines is 1. The zero-order valence-corrected chi connectivity index (χ0v) is 12.6. The molecule has 0 aliphatic carbocycles. The molecule has 4 nitrogen and oxygen atoms in total. The van der Waals surface area contributed by atoms with Crippen LogP contribution in [0.15, 0.2) is 18.5 Å². The smallest absolute Gasteiger partial charge is 0.253 e. The van der Waals surface area contributed by atoms with E-state index in [0.717, 1.165) is 24.5 Å². The summed E-state index contributed by atoms with van der Waals surface area (Å²) in [6, 6.07) is 1.76. The van der Waals surface area contributed by atoms with Crippen LogP contribution in [-0.4, -0.2) is 46.5 Å². The molecule has 0 bridgehead atoms. The standard InChI is InChI=1S/C13H19N3OS2/c1-2-15-12-8-14-4-3-11(12)13(17)16-7-10-9-18-5-6-19-10/h3-4,8,10,15H,2,5-7,9H2,1H3,(H,16,17). The number of amides is 1. The summed E-state index contributed by atoms with van der Waals surface area (Å²) in [7, 11) is 0. The predicted octanol–water partition coefficient (Wildman–Crippen LogP) is 2.09. The lowest BCUT2D eigenvalue weighted by Crippen LogP contribution is -2.33. The van der Waals surface area contributed by atoms with Crippen LogP contribution in [0.3, 0.4) is 0 Å². The number of hydrogen-bond acceptors (Lipinski definition) is 5. The quantitative estimate of drug-likeness (QED) is 0.871. The van der Waals surface area contributed by atoms with Crippen LogP contribution < -0.4 is 10.6 Å². The first-order valence-electron chi connectivity index (χ1n) is 6.46. The van der Waals surface area contributed by atoms with Crippen molar-refractivity contribution in [1.82, 2.24) is 10.3 Å². The zero-order chi connectivity index (χ0) is 13.5. The molecule has 1 aliphatic rings. The van der Waals surface area contributed by atoms with Gasteiger partial charge in [0.25, 0.3) is 5.91 Å². The molecule has 2 N–H and O–H groups in total. The minimum absolute atomic E-state index is 0.0190. The van der Waals surface area contributed by atoms with Gasteiger partial charge in [-0.1, -0.05) is 0 Å². The lowest BCUT2D eigenvalue weighted by atomic mass is 10.2. The Bertz CT molecular complexity index is 422. The molecule has 0 spiro atoms. The minimum Gasteiger partial charge on any atom is -0.383 e. The van der Waals surface area contributed by atoms with Crippen LogP contribution >= 0.6 is 23.5 Å². The average Bonchev–Trinajstić information content (AvgIpc) is 2.47. The van der Waals surface area contributed by atoms with Crippen molar-refractivity contribution in [2.45, 2.75) is 12.2 Å². The number of thioether (sulfide) groups is 2. The topological polar surface area (TPSA) is 54.0 Å². The molecule has 1 saturated heterocycles. The largest absolute Gasteiger partial charge is 0.383 e. The van der Waals surface area contributed by atoms with E-state index in [4.69, 9.17) is 0 Å². The van der Waals surface area contributed by atoms with Gasteiger partial charge in [0.15, 0.2) is 0 Å². The highest BCUT2D eigenvalue weighted by atomic mass is 32.2. The van der Waals surface area contributed by atoms with Gasteiger partial charge < -0.3 is 10.6 Å². The van der Waals surface area contributed by atoms with E-state index in [-0.39, 0.29) is 5.91 Å². The summed E-state index contributed by atoms with van der Waals surface area (Å²) in [5, 5.41) is 6.72. The minimum atomic E-state index is -0.0190. The Kier molecular flexibility index (Phi) is 5.85. The molecule has 0 saturated carbocycles. The Morgan fingerprint density at radius 1 is 1.53 bits per heavy atom. The highest BCUT2D eigenvalue weighted by Gasteiger charge is 2.16. The van der Waals surface area contributed by atoms with Gasteiger partial charge in [0.05, 0.1) is 17.4 Å². The maximum Gasteiger partial charge on any atom is 0.253 e. The third-order valence-electron chi connectivity index (χ3n) is 2.81. The van der Waals surface area contributed by atoms with Crippen LogP contribution in [0.1, 0.15) is 17.3 Å². The Morgan fingerprint density at radius 3 is 3.16 bits per heavy atom. The summed E-state index contributed by atoms with van der Waals surface area (Å²) in [5.41, 5.74) is 1.47. The summed E-state index contributed by atoms with van der Waals surface area (Å²) in [6.07, 6.45) is 3.35. The second-order valence-corrected chi connectivity index (χ2v) is 6.79. The molecule has 2 heterocycles. The third kappa shape index (κ3) is 4.31. The van der Waals surface area contributed by atoms with Crippen molar-refractivity contribution >= 4 is 35.1 Å². The number of nitrogens with zero attached hydrogens (tertiary/aromatic N) is 1. The molecule has 6 heteroatoms. The van der Waals surface area contributed by atoms with Crippen molar-refractivity contribution < 1.29 is 4.79 Å². The first-order valence-corrected chi connectivity index (χ1v) is 8.67. The predicted molar refractivity (Wildman–Crippen MR) is 84.3 cm³/mol. The number of rotatable bonds is 5.